The molecule has 0 saturated heterocycles. The van der Waals surface area contributed by atoms with E-state index in [9.17, 15) is 14.0 Å². The lowest BCUT2D eigenvalue weighted by atomic mass is 9.95. The molecule has 2 N–H and O–H groups in total. The molecule has 1 aromatic heterocycles. The molecule has 0 spiro atoms. The number of nitrogens with two attached hydrogens (primary N) is 1. The van der Waals surface area contributed by atoms with E-state index < -0.39 is 28.9 Å². The second-order valence-electron chi connectivity index (χ2n) is 6.32. The van der Waals surface area contributed by atoms with Crippen LogP contribution in [0.1, 0.15) is 26.3 Å². The first-order valence-electron chi connectivity index (χ1n) is 8.59. The zero-order valence-corrected chi connectivity index (χ0v) is 14.9. The van der Waals surface area contributed by atoms with Crippen LogP contribution >= 0.6 is 0 Å². The number of amides is 1. The SMILES string of the molecule is NC(=O)c1cccc(-c2ccc(F)c(C(=O)c3ccc4nccnc4c3)c2F)c1. The maximum atomic E-state index is 15.2. The molecule has 1 heterocycles. The van der Waals surface area contributed by atoms with Gasteiger partial charge in [-0.1, -0.05) is 12.1 Å². The number of ketones is 1. The molecule has 0 aliphatic carbocycles. The second kappa shape index (κ2) is 7.20. The lowest BCUT2D eigenvalue weighted by molar-refractivity contribution is 0.0997. The quantitative estimate of drug-likeness (QED) is 0.536. The summed E-state index contributed by atoms with van der Waals surface area (Å²) in [6, 6.07) is 12.6. The van der Waals surface area contributed by atoms with E-state index in [1.54, 1.807) is 12.1 Å². The van der Waals surface area contributed by atoms with Gasteiger partial charge in [0.05, 0.1) is 16.6 Å². The molecule has 0 radical (unpaired) electrons. The highest BCUT2D eigenvalue weighted by Crippen LogP contribution is 2.29. The third-order valence-corrected chi connectivity index (χ3v) is 4.51. The largest absolute Gasteiger partial charge is 0.366 e. The standard InChI is InChI=1S/C22H13F2N3O2/c23-16-6-5-15(12-2-1-3-14(10-12)22(25)29)20(24)19(16)21(28)13-4-7-17-18(11-13)27-9-8-26-17/h1-11H,(H2,25,29). The molecule has 0 saturated carbocycles. The van der Waals surface area contributed by atoms with E-state index >= 15 is 4.39 Å². The van der Waals surface area contributed by atoms with Crippen LogP contribution in [0.4, 0.5) is 8.78 Å². The zero-order valence-electron chi connectivity index (χ0n) is 14.9. The Labute approximate surface area is 163 Å². The monoisotopic (exact) mass is 389 g/mol. The number of benzene rings is 3. The van der Waals surface area contributed by atoms with Crippen molar-refractivity contribution in [1.82, 2.24) is 9.97 Å². The second-order valence-corrected chi connectivity index (χ2v) is 6.32. The van der Waals surface area contributed by atoms with Crippen LogP contribution in [0, 0.1) is 11.6 Å². The van der Waals surface area contributed by atoms with Crippen LogP contribution in [0.25, 0.3) is 22.2 Å². The number of hydrogen-bond donors (Lipinski definition) is 1. The van der Waals surface area contributed by atoms with Gasteiger partial charge in [-0.2, -0.15) is 0 Å². The Balaban J connectivity index is 1.83. The molecule has 0 atom stereocenters. The van der Waals surface area contributed by atoms with Gasteiger partial charge in [-0.25, -0.2) is 8.78 Å². The first-order chi connectivity index (χ1) is 14.0. The molecule has 0 bridgehead atoms. The summed E-state index contributed by atoms with van der Waals surface area (Å²) in [6.45, 7) is 0. The van der Waals surface area contributed by atoms with Gasteiger partial charge in [-0.3, -0.25) is 19.6 Å². The summed E-state index contributed by atoms with van der Waals surface area (Å²) in [5.74, 6) is -3.50. The van der Waals surface area contributed by atoms with E-state index in [1.165, 1.54) is 48.8 Å². The number of fused-ring (bicyclic) bond motifs is 1. The molecule has 0 aliphatic rings. The summed E-state index contributed by atoms with van der Waals surface area (Å²) in [4.78, 5) is 32.5. The van der Waals surface area contributed by atoms with Crippen molar-refractivity contribution in [3.05, 3.63) is 95.3 Å². The molecule has 4 rings (SSSR count). The predicted octanol–water partition coefficient (Wildman–Crippen LogP) is 3.90. The summed E-state index contributed by atoms with van der Waals surface area (Å²) in [6.07, 6.45) is 2.97. The Hall–Kier alpha value is -4.00. The van der Waals surface area contributed by atoms with Crippen molar-refractivity contribution in [2.24, 2.45) is 5.73 Å². The number of hydrogen-bond acceptors (Lipinski definition) is 4. The van der Waals surface area contributed by atoms with Gasteiger partial charge in [-0.15, -0.1) is 0 Å². The number of carbonyl (C=O) groups is 2. The number of primary amides is 1. The molecule has 0 aliphatic heterocycles. The minimum Gasteiger partial charge on any atom is -0.366 e. The average molecular weight is 389 g/mol. The molecule has 0 unspecified atom stereocenters. The van der Waals surface area contributed by atoms with Crippen molar-refractivity contribution in [2.45, 2.75) is 0 Å². The Bertz CT molecular complexity index is 1290. The third kappa shape index (κ3) is 3.34. The van der Waals surface area contributed by atoms with Crippen molar-refractivity contribution in [1.29, 1.82) is 0 Å². The van der Waals surface area contributed by atoms with Crippen LogP contribution in [0.15, 0.2) is 67.0 Å². The van der Waals surface area contributed by atoms with Gasteiger partial charge in [0.1, 0.15) is 11.6 Å². The molecule has 0 fully saturated rings. The van der Waals surface area contributed by atoms with Crippen LogP contribution in [-0.2, 0) is 0 Å². The Morgan fingerprint density at radius 3 is 2.34 bits per heavy atom. The highest BCUT2D eigenvalue weighted by molar-refractivity contribution is 6.11. The summed E-state index contributed by atoms with van der Waals surface area (Å²) in [5.41, 5.74) is 6.12. The molecule has 4 aromatic rings. The fourth-order valence-electron chi connectivity index (χ4n) is 3.07. The Kier molecular flexibility index (Phi) is 4.56. The molecular formula is C22H13F2N3O2. The van der Waals surface area contributed by atoms with Crippen molar-refractivity contribution in [2.75, 3.05) is 0 Å². The van der Waals surface area contributed by atoms with E-state index in [-0.39, 0.29) is 16.7 Å². The van der Waals surface area contributed by atoms with Crippen molar-refractivity contribution >= 4 is 22.7 Å². The Morgan fingerprint density at radius 2 is 1.59 bits per heavy atom. The predicted molar refractivity (Wildman–Crippen MR) is 103 cm³/mol. The van der Waals surface area contributed by atoms with Crippen molar-refractivity contribution in [3.8, 4) is 11.1 Å². The lowest BCUT2D eigenvalue weighted by Gasteiger charge is -2.10. The normalized spacial score (nSPS) is 10.8. The summed E-state index contributed by atoms with van der Waals surface area (Å²) < 4.78 is 29.6. The third-order valence-electron chi connectivity index (χ3n) is 4.51. The number of rotatable bonds is 4. The van der Waals surface area contributed by atoms with E-state index in [4.69, 9.17) is 5.73 Å². The maximum Gasteiger partial charge on any atom is 0.248 e. The molecule has 142 valence electrons. The van der Waals surface area contributed by atoms with Crippen molar-refractivity contribution in [3.63, 3.8) is 0 Å². The highest BCUT2D eigenvalue weighted by atomic mass is 19.1. The van der Waals surface area contributed by atoms with E-state index in [1.807, 2.05) is 0 Å². The Morgan fingerprint density at radius 1 is 0.828 bits per heavy atom. The first-order valence-corrected chi connectivity index (χ1v) is 8.59. The molecule has 29 heavy (non-hydrogen) atoms. The van der Waals surface area contributed by atoms with Gasteiger partial charge in [0, 0.05) is 29.1 Å². The van der Waals surface area contributed by atoms with Gasteiger partial charge in [0.15, 0.2) is 5.78 Å². The topological polar surface area (TPSA) is 85.9 Å². The average Bonchev–Trinajstić information content (AvgIpc) is 2.73. The van der Waals surface area contributed by atoms with E-state index in [0.29, 0.717) is 16.6 Å². The first kappa shape index (κ1) is 18.4. The molecule has 5 nitrogen and oxygen atoms in total. The number of halogens is 2. The molecule has 3 aromatic carbocycles. The number of aromatic nitrogens is 2. The molecular weight excluding hydrogens is 376 g/mol. The van der Waals surface area contributed by atoms with Gasteiger partial charge < -0.3 is 5.73 Å². The fraction of sp³-hybridized carbons (Fsp3) is 0. The maximum absolute atomic E-state index is 15.2. The highest BCUT2D eigenvalue weighted by Gasteiger charge is 2.23. The summed E-state index contributed by atoms with van der Waals surface area (Å²) in [7, 11) is 0. The molecule has 7 heteroatoms. The molecule has 1 amide bonds. The summed E-state index contributed by atoms with van der Waals surface area (Å²) in [5, 5.41) is 0. The van der Waals surface area contributed by atoms with Crippen molar-refractivity contribution < 1.29 is 18.4 Å². The fourth-order valence-corrected chi connectivity index (χ4v) is 3.07. The lowest BCUT2D eigenvalue weighted by Crippen LogP contribution is -2.11. The van der Waals surface area contributed by atoms with Gasteiger partial charge in [-0.05, 0) is 48.0 Å². The van der Waals surface area contributed by atoms with Crippen LogP contribution in [-0.4, -0.2) is 21.7 Å². The number of nitrogens with zero attached hydrogens (tertiary/aromatic N) is 2. The van der Waals surface area contributed by atoms with Crippen LogP contribution < -0.4 is 5.73 Å². The van der Waals surface area contributed by atoms with Gasteiger partial charge >= 0.3 is 0 Å². The van der Waals surface area contributed by atoms with Crippen LogP contribution in [0.5, 0.6) is 0 Å². The van der Waals surface area contributed by atoms with Gasteiger partial charge in [0.25, 0.3) is 0 Å². The smallest absolute Gasteiger partial charge is 0.248 e. The van der Waals surface area contributed by atoms with E-state index in [0.717, 1.165) is 6.07 Å². The van der Waals surface area contributed by atoms with Gasteiger partial charge in [0.2, 0.25) is 5.91 Å². The zero-order chi connectivity index (χ0) is 20.5. The minimum atomic E-state index is -1.02. The van der Waals surface area contributed by atoms with Crippen LogP contribution in [0.2, 0.25) is 0 Å². The summed E-state index contributed by atoms with van der Waals surface area (Å²) >= 11 is 0. The van der Waals surface area contributed by atoms with Crippen LogP contribution in [0.3, 0.4) is 0 Å². The number of carbonyl (C=O) groups excluding carboxylic acids is 2. The van der Waals surface area contributed by atoms with E-state index in [2.05, 4.69) is 9.97 Å². The minimum absolute atomic E-state index is 0.0153.